The zero-order valence-electron chi connectivity index (χ0n) is 13.6. The Kier molecular flexibility index (Phi) is 3.81. The number of anilines is 1. The van der Waals surface area contributed by atoms with Crippen LogP contribution in [-0.2, 0) is 0 Å². The molecule has 0 bridgehead atoms. The zero-order chi connectivity index (χ0) is 16.5. The number of nitrogens with one attached hydrogen (secondary N) is 1. The van der Waals surface area contributed by atoms with E-state index in [1.54, 1.807) is 12.1 Å². The van der Waals surface area contributed by atoms with Gasteiger partial charge in [-0.3, -0.25) is 0 Å². The van der Waals surface area contributed by atoms with E-state index in [1.807, 2.05) is 18.2 Å². The summed E-state index contributed by atoms with van der Waals surface area (Å²) in [6, 6.07) is 26.2. The highest BCUT2D eigenvalue weighted by Gasteiger charge is 2.35. The molecule has 0 fully saturated rings. The van der Waals surface area contributed by atoms with Gasteiger partial charge in [0, 0.05) is 11.6 Å². The van der Waals surface area contributed by atoms with E-state index in [-0.39, 0.29) is 17.8 Å². The second-order valence-electron chi connectivity index (χ2n) is 6.51. The fourth-order valence-electron chi connectivity index (χ4n) is 3.87. The molecule has 120 valence electrons. The van der Waals surface area contributed by atoms with Gasteiger partial charge in [-0.1, -0.05) is 67.6 Å². The van der Waals surface area contributed by atoms with Gasteiger partial charge in [-0.15, -0.1) is 0 Å². The van der Waals surface area contributed by atoms with Gasteiger partial charge in [0.25, 0.3) is 0 Å². The van der Waals surface area contributed by atoms with Gasteiger partial charge >= 0.3 is 0 Å². The van der Waals surface area contributed by atoms with Crippen LogP contribution in [0.15, 0.2) is 78.9 Å². The molecule has 1 nitrogen and oxygen atoms in total. The normalized spacial score (nSPS) is 22.5. The van der Waals surface area contributed by atoms with Gasteiger partial charge in [-0.25, -0.2) is 4.39 Å². The van der Waals surface area contributed by atoms with Crippen molar-refractivity contribution in [3.8, 4) is 0 Å². The fraction of sp³-hybridized carbons (Fsp3) is 0.182. The van der Waals surface area contributed by atoms with Gasteiger partial charge in [0.15, 0.2) is 0 Å². The van der Waals surface area contributed by atoms with Gasteiger partial charge in [0.05, 0.1) is 6.04 Å². The molecule has 3 aromatic carbocycles. The first kappa shape index (κ1) is 14.9. The minimum atomic E-state index is -0.187. The number of halogens is 1. The Balaban J connectivity index is 1.82. The number of hydrogen-bond donors (Lipinski definition) is 1. The first-order chi connectivity index (χ1) is 11.7. The van der Waals surface area contributed by atoms with E-state index in [1.165, 1.54) is 22.4 Å². The van der Waals surface area contributed by atoms with Gasteiger partial charge in [-0.2, -0.15) is 0 Å². The molecule has 3 atom stereocenters. The number of para-hydroxylation sites is 1. The van der Waals surface area contributed by atoms with Crippen molar-refractivity contribution in [2.45, 2.75) is 18.9 Å². The molecule has 0 spiro atoms. The van der Waals surface area contributed by atoms with Crippen molar-refractivity contribution in [2.75, 3.05) is 5.32 Å². The molecule has 0 saturated heterocycles. The second-order valence-corrected chi connectivity index (χ2v) is 6.51. The lowest BCUT2D eigenvalue weighted by Gasteiger charge is -2.39. The van der Waals surface area contributed by atoms with Crippen molar-refractivity contribution >= 4 is 5.69 Å². The van der Waals surface area contributed by atoms with E-state index >= 15 is 0 Å². The zero-order valence-corrected chi connectivity index (χ0v) is 13.6. The number of benzene rings is 3. The third-order valence-corrected chi connectivity index (χ3v) is 5.05. The Morgan fingerprint density at radius 3 is 2.17 bits per heavy atom. The lowest BCUT2D eigenvalue weighted by atomic mass is 9.73. The third-order valence-electron chi connectivity index (χ3n) is 5.05. The van der Waals surface area contributed by atoms with Crippen molar-refractivity contribution in [3.05, 3.63) is 101 Å². The molecule has 24 heavy (non-hydrogen) atoms. The first-order valence-electron chi connectivity index (χ1n) is 8.40. The molecule has 1 aliphatic rings. The van der Waals surface area contributed by atoms with Crippen molar-refractivity contribution in [1.82, 2.24) is 0 Å². The van der Waals surface area contributed by atoms with Crippen LogP contribution in [0.25, 0.3) is 0 Å². The van der Waals surface area contributed by atoms with Gasteiger partial charge in [0.1, 0.15) is 5.82 Å². The topological polar surface area (TPSA) is 12.0 Å². The van der Waals surface area contributed by atoms with E-state index in [9.17, 15) is 4.39 Å². The summed E-state index contributed by atoms with van der Waals surface area (Å²) in [5, 5.41) is 3.70. The lowest BCUT2D eigenvalue weighted by Crippen LogP contribution is -2.30. The number of rotatable bonds is 2. The summed E-state index contributed by atoms with van der Waals surface area (Å²) in [4.78, 5) is 0. The Labute approximate surface area is 142 Å². The Hall–Kier alpha value is -2.61. The third kappa shape index (κ3) is 2.58. The molecule has 1 heterocycles. The van der Waals surface area contributed by atoms with E-state index in [0.29, 0.717) is 5.92 Å². The van der Waals surface area contributed by atoms with Crippen molar-refractivity contribution in [2.24, 2.45) is 5.92 Å². The maximum Gasteiger partial charge on any atom is 0.123 e. The molecule has 3 aromatic rings. The molecule has 0 unspecified atom stereocenters. The Morgan fingerprint density at radius 2 is 1.42 bits per heavy atom. The van der Waals surface area contributed by atoms with Crippen LogP contribution in [0.3, 0.4) is 0 Å². The standard InChI is InChI=1S/C22H20FN/c1-15-21(16-11-13-18(23)14-12-16)19-9-5-6-10-20(19)24-22(15)17-7-3-2-4-8-17/h2-15,21-22,24H,1H3/t15-,21-,22+/m1/s1. The van der Waals surface area contributed by atoms with Crippen LogP contribution >= 0.6 is 0 Å². The summed E-state index contributed by atoms with van der Waals surface area (Å²) in [7, 11) is 0. The van der Waals surface area contributed by atoms with E-state index in [0.717, 1.165) is 0 Å². The maximum absolute atomic E-state index is 13.4. The largest absolute Gasteiger partial charge is 0.378 e. The molecule has 0 aliphatic carbocycles. The fourth-order valence-corrected chi connectivity index (χ4v) is 3.87. The molecule has 0 amide bonds. The number of hydrogen-bond acceptors (Lipinski definition) is 1. The Morgan fingerprint density at radius 1 is 0.750 bits per heavy atom. The molecule has 1 N–H and O–H groups in total. The molecule has 4 rings (SSSR count). The van der Waals surface area contributed by atoms with E-state index < -0.39 is 0 Å². The van der Waals surface area contributed by atoms with Crippen LogP contribution in [0.5, 0.6) is 0 Å². The van der Waals surface area contributed by atoms with Crippen molar-refractivity contribution in [3.63, 3.8) is 0 Å². The summed E-state index contributed by atoms with van der Waals surface area (Å²) in [6.07, 6.45) is 0. The van der Waals surface area contributed by atoms with Gasteiger partial charge in [-0.05, 0) is 40.8 Å². The second kappa shape index (κ2) is 6.12. The summed E-state index contributed by atoms with van der Waals surface area (Å²) in [6.45, 7) is 2.27. The number of fused-ring (bicyclic) bond motifs is 1. The van der Waals surface area contributed by atoms with Crippen LogP contribution in [0, 0.1) is 11.7 Å². The molecule has 0 aromatic heterocycles. The summed E-state index contributed by atoms with van der Waals surface area (Å²) >= 11 is 0. The highest BCUT2D eigenvalue weighted by molar-refractivity contribution is 5.60. The van der Waals surface area contributed by atoms with Crippen LogP contribution < -0.4 is 5.32 Å². The predicted octanol–water partition coefficient (Wildman–Crippen LogP) is 5.76. The minimum absolute atomic E-state index is 0.187. The maximum atomic E-state index is 13.4. The predicted molar refractivity (Wildman–Crippen MR) is 96.7 cm³/mol. The summed E-state index contributed by atoms with van der Waals surface area (Å²) < 4.78 is 13.4. The van der Waals surface area contributed by atoms with E-state index in [4.69, 9.17) is 0 Å². The van der Waals surface area contributed by atoms with Crippen LogP contribution in [0.1, 0.15) is 35.6 Å². The van der Waals surface area contributed by atoms with Crippen LogP contribution in [0.2, 0.25) is 0 Å². The van der Waals surface area contributed by atoms with E-state index in [2.05, 4.69) is 60.8 Å². The molecular weight excluding hydrogens is 297 g/mol. The lowest BCUT2D eigenvalue weighted by molar-refractivity contribution is 0.428. The Bertz CT molecular complexity index is 826. The van der Waals surface area contributed by atoms with Crippen LogP contribution in [-0.4, -0.2) is 0 Å². The highest BCUT2D eigenvalue weighted by atomic mass is 19.1. The average molecular weight is 317 g/mol. The molecule has 1 aliphatic heterocycles. The first-order valence-corrected chi connectivity index (χ1v) is 8.40. The SMILES string of the molecule is C[C@@H]1[C@H](c2ccc(F)cc2)c2ccccc2N[C@@H]1c1ccccc1. The van der Waals surface area contributed by atoms with Crippen molar-refractivity contribution in [1.29, 1.82) is 0 Å². The average Bonchev–Trinajstić information content (AvgIpc) is 2.63. The monoisotopic (exact) mass is 317 g/mol. The summed E-state index contributed by atoms with van der Waals surface area (Å²) in [5.41, 5.74) is 4.90. The minimum Gasteiger partial charge on any atom is -0.378 e. The smallest absolute Gasteiger partial charge is 0.123 e. The molecule has 2 heteroatoms. The van der Waals surface area contributed by atoms with Gasteiger partial charge < -0.3 is 5.32 Å². The molecule has 0 radical (unpaired) electrons. The highest BCUT2D eigenvalue weighted by Crippen LogP contribution is 2.47. The molecular formula is C22H20FN. The van der Waals surface area contributed by atoms with Crippen LogP contribution in [0.4, 0.5) is 10.1 Å². The summed E-state index contributed by atoms with van der Waals surface area (Å²) in [5.74, 6) is 0.411. The molecule has 0 saturated carbocycles. The van der Waals surface area contributed by atoms with Crippen molar-refractivity contribution < 1.29 is 4.39 Å². The quantitative estimate of drug-likeness (QED) is 0.633. The van der Waals surface area contributed by atoms with Gasteiger partial charge in [0.2, 0.25) is 0 Å².